The van der Waals surface area contributed by atoms with E-state index in [9.17, 15) is 0 Å². The van der Waals surface area contributed by atoms with Crippen LogP contribution < -0.4 is 22.4 Å². The third kappa shape index (κ3) is 30.1. The summed E-state index contributed by atoms with van der Waals surface area (Å²) < 4.78 is 0. The van der Waals surface area contributed by atoms with Gasteiger partial charge in [-0.05, 0) is 26.0 Å². The summed E-state index contributed by atoms with van der Waals surface area (Å²) in [5.74, 6) is 0. The van der Waals surface area contributed by atoms with Crippen molar-refractivity contribution in [2.75, 3.05) is 0 Å². The zero-order valence-electron chi connectivity index (χ0n) is 13.3. The van der Waals surface area contributed by atoms with E-state index in [1.54, 1.807) is 0 Å². The fourth-order valence-corrected chi connectivity index (χ4v) is 1.48. The second-order valence-corrected chi connectivity index (χ2v) is 4.07. The van der Waals surface area contributed by atoms with Crippen molar-refractivity contribution in [3.8, 4) is 0 Å². The minimum absolute atomic E-state index is 0. The molecule has 144 valence electrons. The van der Waals surface area contributed by atoms with Crippen molar-refractivity contribution in [3.63, 3.8) is 0 Å². The largest absolute Gasteiger partial charge is 0.760 e. The summed E-state index contributed by atoms with van der Waals surface area (Å²) in [6, 6.07) is 11.3. The van der Waals surface area contributed by atoms with Crippen molar-refractivity contribution in [1.82, 2.24) is 32.3 Å². The number of aromatic nitrogens is 2. The molecule has 10 nitrogen and oxygen atoms in total. The molecule has 0 bridgehead atoms. The molecule has 2 aromatic heterocycles. The van der Waals surface area contributed by atoms with Gasteiger partial charge in [0, 0.05) is 45.5 Å². The predicted molar refractivity (Wildman–Crippen MR) is 91.2 cm³/mol. The van der Waals surface area contributed by atoms with Crippen molar-refractivity contribution < 1.29 is 34.1 Å². The molecule has 2 aromatic rings. The van der Waals surface area contributed by atoms with E-state index < -0.39 is 0 Å². The molecule has 0 saturated carbocycles. The number of aryl methyl sites for hydroxylation is 2. The first-order valence-electron chi connectivity index (χ1n) is 5.52. The molecular weight excluding hydrogens is 468 g/mol. The van der Waals surface area contributed by atoms with Crippen LogP contribution in [0.1, 0.15) is 11.4 Å². The number of hydrogen-bond acceptors (Lipinski definition) is 8. The molecule has 0 fully saturated rings. The van der Waals surface area contributed by atoms with Crippen molar-refractivity contribution in [3.05, 3.63) is 67.4 Å². The van der Waals surface area contributed by atoms with Crippen LogP contribution in [0.2, 0.25) is 0 Å². The predicted octanol–water partition coefficient (Wildman–Crippen LogP) is 0.798. The summed E-state index contributed by atoms with van der Waals surface area (Å²) >= 11 is 9.58. The van der Waals surface area contributed by atoms with Crippen LogP contribution in [0.25, 0.3) is 0 Å². The first kappa shape index (κ1) is 39.3. The van der Waals surface area contributed by atoms with Gasteiger partial charge in [0.25, 0.3) is 0 Å². The van der Waals surface area contributed by atoms with E-state index in [1.165, 1.54) is 0 Å². The van der Waals surface area contributed by atoms with Crippen LogP contribution in [-0.2, 0) is 59.4 Å². The molecule has 26 heavy (non-hydrogen) atoms. The smallest absolute Gasteiger partial charge is 0.120 e. The Morgan fingerprint density at radius 3 is 0.962 bits per heavy atom. The van der Waals surface area contributed by atoms with Crippen molar-refractivity contribution >= 4 is 25.3 Å². The van der Waals surface area contributed by atoms with E-state index in [1.807, 2.05) is 50.2 Å². The Kier molecular flexibility index (Phi) is 52.2. The Morgan fingerprint density at radius 2 is 0.846 bits per heavy atom. The van der Waals surface area contributed by atoms with Gasteiger partial charge in [-0.25, -0.2) is 0 Å². The molecule has 0 aliphatic carbocycles. The molecular formula is C12H12Fe2N6O4S2-2. The molecule has 0 saturated heterocycles. The number of hydrogen-bond donors (Lipinski definition) is 0. The van der Waals surface area contributed by atoms with Crippen LogP contribution in [0.3, 0.4) is 0 Å². The van der Waals surface area contributed by atoms with E-state index in [-0.39, 0.29) is 34.1 Å². The van der Waals surface area contributed by atoms with Gasteiger partial charge in [0.2, 0.25) is 0 Å². The average Bonchev–Trinajstić information content (AvgIpc) is 2.62. The van der Waals surface area contributed by atoms with E-state index in [2.05, 4.69) is 9.97 Å². The fraction of sp³-hybridized carbons (Fsp3) is 0.167. The number of pyridine rings is 2. The van der Waals surface area contributed by atoms with Gasteiger partial charge in [-0.2, -0.15) is 0 Å². The van der Waals surface area contributed by atoms with Crippen LogP contribution >= 0.6 is 0 Å². The van der Waals surface area contributed by atoms with Crippen LogP contribution in [0, 0.1) is 33.5 Å². The molecule has 0 atom stereocenters. The maximum atomic E-state index is 7.25. The van der Waals surface area contributed by atoms with Crippen LogP contribution in [0.4, 0.5) is 0 Å². The van der Waals surface area contributed by atoms with Gasteiger partial charge >= 0.3 is 0 Å². The quantitative estimate of drug-likeness (QED) is 0.392. The molecule has 0 aliphatic rings. The number of rotatable bonds is 0. The van der Waals surface area contributed by atoms with Gasteiger partial charge < -0.3 is 25.3 Å². The summed E-state index contributed by atoms with van der Waals surface area (Å²) in [5.41, 5.74) is 25.0. The van der Waals surface area contributed by atoms with Gasteiger partial charge in [0.1, 0.15) is 22.4 Å². The molecule has 0 N–H and O–H groups in total. The minimum atomic E-state index is 0. The monoisotopic (exact) mass is 480 g/mol. The zero-order chi connectivity index (χ0) is 20.0. The summed E-state index contributed by atoms with van der Waals surface area (Å²) in [6.45, 7) is 3.85. The van der Waals surface area contributed by atoms with Gasteiger partial charge in [-0.1, -0.05) is 34.3 Å². The fourth-order valence-electron chi connectivity index (χ4n) is 1.04. The maximum Gasteiger partial charge on any atom is 0.120 e. The van der Waals surface area contributed by atoms with Gasteiger partial charge in [-0.15, -0.1) is 19.6 Å². The molecule has 0 aromatic carbocycles. The van der Waals surface area contributed by atoms with Crippen molar-refractivity contribution in [2.45, 2.75) is 23.9 Å². The van der Waals surface area contributed by atoms with Crippen LogP contribution in [0.15, 0.2) is 46.5 Å². The molecule has 2 rings (SSSR count). The van der Waals surface area contributed by atoms with E-state index >= 15 is 0 Å². The van der Waals surface area contributed by atoms with Crippen LogP contribution in [0.5, 0.6) is 0 Å². The van der Waals surface area contributed by atoms with E-state index in [4.69, 9.17) is 67.3 Å². The summed E-state index contributed by atoms with van der Waals surface area (Å²) in [4.78, 5) is 37.0. The second-order valence-electron chi connectivity index (χ2n) is 3.23. The molecule has 4 radical (unpaired) electrons. The Hall–Kier alpha value is -1.82. The molecule has 0 aliphatic heterocycles. The number of nitrogens with zero attached hydrogens (tertiary/aromatic N) is 6. The second kappa shape index (κ2) is 34.5. The van der Waals surface area contributed by atoms with E-state index in [0.29, 0.717) is 10.1 Å². The number of nitroso groups, excluding NO2 is 4. The van der Waals surface area contributed by atoms with Gasteiger partial charge in [-0.3, -0.25) is 9.97 Å². The standard InChI is InChI=1S/2C6H7NS.2Fe.4NO/c2*1-5-3-2-4-6(8)7-5;;;4*1-2/h2*2-4H,1H3,(H,7,8);;;;;;/p-2. The average molecular weight is 480 g/mol. The first-order valence-corrected chi connectivity index (χ1v) is 6.34. The van der Waals surface area contributed by atoms with Gasteiger partial charge in [0.15, 0.2) is 0 Å². The topological polar surface area (TPSA) is 183 Å². The normalized spacial score (nSPS) is 6.23. The summed E-state index contributed by atoms with van der Waals surface area (Å²) in [6.07, 6.45) is 0. The molecule has 0 amide bonds. The first-order chi connectivity index (χ1) is 11.6. The Labute approximate surface area is 182 Å². The minimum Gasteiger partial charge on any atom is -0.760 e. The Balaban J connectivity index is -0.0000000528. The van der Waals surface area contributed by atoms with E-state index in [0.717, 1.165) is 11.4 Å². The van der Waals surface area contributed by atoms with Crippen LogP contribution in [-0.4, -0.2) is 9.97 Å². The molecule has 2 heterocycles. The zero-order valence-corrected chi connectivity index (χ0v) is 17.1. The van der Waals surface area contributed by atoms with Gasteiger partial charge in [0.05, 0.1) is 0 Å². The van der Waals surface area contributed by atoms with Crippen molar-refractivity contribution in [2.24, 2.45) is 0 Å². The maximum absolute atomic E-state index is 7.25. The third-order valence-corrected chi connectivity index (χ3v) is 2.18. The molecule has 0 unspecified atom stereocenters. The SMILES string of the molecule is Cc1cccc([S-])n1.Cc1cccc([S-])n1.[Fe].[Fe].[N]=O.[N]=O.[N]=O.[N]=O. The summed E-state index contributed by atoms with van der Waals surface area (Å²) in [5, 5.41) is 1.34. The van der Waals surface area contributed by atoms with Crippen molar-refractivity contribution in [1.29, 1.82) is 0 Å². The third-order valence-electron chi connectivity index (χ3n) is 1.73. The molecule has 14 heteroatoms. The Bertz CT molecular complexity index is 463. The molecule has 0 spiro atoms. The summed E-state index contributed by atoms with van der Waals surface area (Å²) in [7, 11) is 0. The Morgan fingerprint density at radius 1 is 0.615 bits per heavy atom.